The maximum atomic E-state index is 12.6. The molecule has 3 heterocycles. The van der Waals surface area contributed by atoms with E-state index in [2.05, 4.69) is 21.4 Å². The van der Waals surface area contributed by atoms with Crippen molar-refractivity contribution in [3.8, 4) is 0 Å². The van der Waals surface area contributed by atoms with Crippen LogP contribution in [-0.2, 0) is 16.1 Å². The van der Waals surface area contributed by atoms with Gasteiger partial charge in [0.05, 0.1) is 6.10 Å². The Morgan fingerprint density at radius 2 is 2.29 bits per heavy atom. The standard InChI is InChI=1S/C14H21N5O2/c20-14(13-8-16-18-17-13)19(10-12-2-1-7-21-12)9-11-3-5-15-6-4-11/h3-6,12-13,16-18H,1-2,7-10H2. The lowest BCUT2D eigenvalue weighted by molar-refractivity contribution is -0.135. The van der Waals surface area contributed by atoms with Crippen molar-refractivity contribution in [3.05, 3.63) is 30.1 Å². The van der Waals surface area contributed by atoms with Gasteiger partial charge in [-0.1, -0.05) is 0 Å². The Bertz CT molecular complexity index is 458. The highest BCUT2D eigenvalue weighted by Gasteiger charge is 2.29. The van der Waals surface area contributed by atoms with E-state index >= 15 is 0 Å². The minimum atomic E-state index is -0.242. The number of aromatic nitrogens is 1. The van der Waals surface area contributed by atoms with E-state index in [0.29, 0.717) is 19.6 Å². The van der Waals surface area contributed by atoms with Gasteiger partial charge < -0.3 is 9.64 Å². The van der Waals surface area contributed by atoms with Gasteiger partial charge in [0.25, 0.3) is 0 Å². The van der Waals surface area contributed by atoms with Gasteiger partial charge in [-0.2, -0.15) is 5.53 Å². The van der Waals surface area contributed by atoms with Crippen molar-refractivity contribution >= 4 is 5.91 Å². The molecule has 0 aromatic carbocycles. The van der Waals surface area contributed by atoms with Crippen molar-refractivity contribution in [1.29, 1.82) is 0 Å². The molecule has 3 rings (SSSR count). The highest BCUT2D eigenvalue weighted by Crippen LogP contribution is 2.16. The molecule has 0 saturated carbocycles. The predicted molar refractivity (Wildman–Crippen MR) is 76.7 cm³/mol. The van der Waals surface area contributed by atoms with E-state index in [1.807, 2.05) is 17.0 Å². The number of carbonyl (C=O) groups excluding carboxylic acids is 1. The fraction of sp³-hybridized carbons (Fsp3) is 0.571. The number of amides is 1. The predicted octanol–water partition coefficient (Wildman–Crippen LogP) is -0.430. The largest absolute Gasteiger partial charge is 0.376 e. The molecule has 21 heavy (non-hydrogen) atoms. The molecule has 2 aliphatic rings. The Balaban J connectivity index is 1.68. The van der Waals surface area contributed by atoms with Gasteiger partial charge in [-0.25, -0.2) is 10.9 Å². The number of hydrogen-bond acceptors (Lipinski definition) is 6. The fourth-order valence-corrected chi connectivity index (χ4v) is 2.69. The van der Waals surface area contributed by atoms with Crippen LogP contribution in [0, 0.1) is 0 Å². The number of hydrogen-bond donors (Lipinski definition) is 3. The first-order valence-electron chi connectivity index (χ1n) is 7.35. The van der Waals surface area contributed by atoms with Crippen LogP contribution in [0.3, 0.4) is 0 Å². The molecule has 7 heteroatoms. The number of hydrazine groups is 2. The van der Waals surface area contributed by atoms with E-state index in [-0.39, 0.29) is 18.1 Å². The average molecular weight is 291 g/mol. The van der Waals surface area contributed by atoms with Crippen molar-refractivity contribution in [2.75, 3.05) is 19.7 Å². The minimum Gasteiger partial charge on any atom is -0.376 e. The number of ether oxygens (including phenoxy) is 1. The summed E-state index contributed by atoms with van der Waals surface area (Å²) < 4.78 is 5.68. The summed E-state index contributed by atoms with van der Waals surface area (Å²) in [5, 5.41) is 0. The molecule has 2 unspecified atom stereocenters. The second kappa shape index (κ2) is 6.95. The van der Waals surface area contributed by atoms with Crippen molar-refractivity contribution in [2.45, 2.75) is 31.5 Å². The molecule has 1 aromatic rings. The summed E-state index contributed by atoms with van der Waals surface area (Å²) >= 11 is 0. The Labute approximate surface area is 124 Å². The Morgan fingerprint density at radius 3 is 2.95 bits per heavy atom. The summed E-state index contributed by atoms with van der Waals surface area (Å²) in [4.78, 5) is 18.5. The Hall–Kier alpha value is -1.54. The third-order valence-corrected chi connectivity index (χ3v) is 3.82. The summed E-state index contributed by atoms with van der Waals surface area (Å²) in [6.45, 7) is 2.60. The van der Waals surface area contributed by atoms with Crippen LogP contribution in [-0.4, -0.2) is 47.6 Å². The molecule has 0 spiro atoms. The highest BCUT2D eigenvalue weighted by atomic mass is 16.5. The number of nitrogens with one attached hydrogen (secondary N) is 3. The molecule has 0 bridgehead atoms. The summed E-state index contributed by atoms with van der Waals surface area (Å²) in [6, 6.07) is 3.64. The maximum Gasteiger partial charge on any atom is 0.242 e. The monoisotopic (exact) mass is 291 g/mol. The van der Waals surface area contributed by atoms with Crippen LogP contribution in [0.1, 0.15) is 18.4 Å². The van der Waals surface area contributed by atoms with Crippen LogP contribution in [0.15, 0.2) is 24.5 Å². The summed E-state index contributed by atoms with van der Waals surface area (Å²) in [5.41, 5.74) is 9.71. The average Bonchev–Trinajstić information content (AvgIpc) is 3.20. The first-order chi connectivity index (χ1) is 10.3. The molecule has 0 aliphatic carbocycles. The first kappa shape index (κ1) is 14.4. The number of pyridine rings is 1. The normalized spacial score (nSPS) is 25.1. The molecular formula is C14H21N5O2. The second-order valence-electron chi connectivity index (χ2n) is 5.41. The number of rotatable bonds is 5. The third kappa shape index (κ3) is 3.76. The van der Waals surface area contributed by atoms with Crippen molar-refractivity contribution in [1.82, 2.24) is 26.3 Å². The molecule has 114 valence electrons. The van der Waals surface area contributed by atoms with Crippen LogP contribution in [0.4, 0.5) is 0 Å². The molecule has 2 atom stereocenters. The number of nitrogens with zero attached hydrogens (tertiary/aromatic N) is 2. The van der Waals surface area contributed by atoms with Crippen molar-refractivity contribution in [3.63, 3.8) is 0 Å². The molecule has 3 N–H and O–H groups in total. The van der Waals surface area contributed by atoms with Crippen LogP contribution >= 0.6 is 0 Å². The topological polar surface area (TPSA) is 78.5 Å². The zero-order chi connectivity index (χ0) is 14.5. The van der Waals surface area contributed by atoms with Crippen molar-refractivity contribution in [2.24, 2.45) is 0 Å². The van der Waals surface area contributed by atoms with Gasteiger partial charge in [-0.05, 0) is 30.5 Å². The van der Waals surface area contributed by atoms with Gasteiger partial charge in [-0.3, -0.25) is 9.78 Å². The molecule has 2 aliphatic heterocycles. The minimum absolute atomic E-state index is 0.0832. The second-order valence-corrected chi connectivity index (χ2v) is 5.41. The molecule has 0 radical (unpaired) electrons. The van der Waals surface area contributed by atoms with Gasteiger partial charge in [0.2, 0.25) is 5.91 Å². The molecule has 1 aromatic heterocycles. The van der Waals surface area contributed by atoms with Crippen LogP contribution in [0.25, 0.3) is 0 Å². The quantitative estimate of drug-likeness (QED) is 0.683. The molecule has 2 fully saturated rings. The first-order valence-corrected chi connectivity index (χ1v) is 7.35. The smallest absolute Gasteiger partial charge is 0.242 e. The lowest BCUT2D eigenvalue weighted by atomic mass is 10.1. The molecule has 1 amide bonds. The zero-order valence-electron chi connectivity index (χ0n) is 11.9. The zero-order valence-corrected chi connectivity index (χ0v) is 11.9. The van der Waals surface area contributed by atoms with E-state index in [1.165, 1.54) is 0 Å². The third-order valence-electron chi connectivity index (χ3n) is 3.82. The summed E-state index contributed by atoms with van der Waals surface area (Å²) in [6.07, 6.45) is 5.75. The van der Waals surface area contributed by atoms with Gasteiger partial charge >= 0.3 is 0 Å². The lowest BCUT2D eigenvalue weighted by Gasteiger charge is -2.27. The van der Waals surface area contributed by atoms with Crippen LogP contribution in [0.2, 0.25) is 0 Å². The van der Waals surface area contributed by atoms with Crippen LogP contribution in [0.5, 0.6) is 0 Å². The molecule has 2 saturated heterocycles. The van der Waals surface area contributed by atoms with E-state index in [0.717, 1.165) is 25.0 Å². The summed E-state index contributed by atoms with van der Waals surface area (Å²) in [5.74, 6) is 0.0832. The van der Waals surface area contributed by atoms with E-state index in [1.54, 1.807) is 12.4 Å². The van der Waals surface area contributed by atoms with Gasteiger partial charge in [0.15, 0.2) is 0 Å². The van der Waals surface area contributed by atoms with Gasteiger partial charge in [-0.15, -0.1) is 0 Å². The maximum absolute atomic E-state index is 12.6. The van der Waals surface area contributed by atoms with E-state index in [9.17, 15) is 4.79 Å². The van der Waals surface area contributed by atoms with Crippen molar-refractivity contribution < 1.29 is 9.53 Å². The van der Waals surface area contributed by atoms with Crippen LogP contribution < -0.4 is 16.4 Å². The summed E-state index contributed by atoms with van der Waals surface area (Å²) in [7, 11) is 0. The van der Waals surface area contributed by atoms with Gasteiger partial charge in [0, 0.05) is 38.6 Å². The number of carbonyl (C=O) groups is 1. The van der Waals surface area contributed by atoms with E-state index in [4.69, 9.17) is 4.74 Å². The van der Waals surface area contributed by atoms with Gasteiger partial charge in [0.1, 0.15) is 6.04 Å². The fourth-order valence-electron chi connectivity index (χ4n) is 2.69. The Kier molecular flexibility index (Phi) is 4.76. The lowest BCUT2D eigenvalue weighted by Crippen LogP contribution is -2.48. The SMILES string of the molecule is O=C(C1CNNN1)N(Cc1ccncc1)CC1CCCO1. The molecule has 7 nitrogen and oxygen atoms in total. The highest BCUT2D eigenvalue weighted by molar-refractivity contribution is 5.82. The Morgan fingerprint density at radius 1 is 1.43 bits per heavy atom. The van der Waals surface area contributed by atoms with E-state index < -0.39 is 0 Å². The molecular weight excluding hydrogens is 270 g/mol.